The molecule has 0 atom stereocenters. The summed E-state index contributed by atoms with van der Waals surface area (Å²) < 4.78 is 5.26. The molecule has 6 nitrogen and oxygen atoms in total. The van der Waals surface area contributed by atoms with Crippen molar-refractivity contribution in [2.24, 2.45) is 0 Å². The number of rotatable bonds is 4. The van der Waals surface area contributed by atoms with Crippen LogP contribution in [0, 0.1) is 11.3 Å². The van der Waals surface area contributed by atoms with Crippen molar-refractivity contribution in [3.63, 3.8) is 0 Å². The third-order valence-electron chi connectivity index (χ3n) is 2.26. The fourth-order valence-electron chi connectivity index (χ4n) is 1.36. The van der Waals surface area contributed by atoms with E-state index >= 15 is 0 Å². The highest BCUT2D eigenvalue weighted by molar-refractivity contribution is 6.30. The van der Waals surface area contributed by atoms with Gasteiger partial charge in [0.1, 0.15) is 23.2 Å². The van der Waals surface area contributed by atoms with Crippen molar-refractivity contribution in [3.8, 4) is 11.8 Å². The highest BCUT2D eigenvalue weighted by atomic mass is 35.5. The molecule has 100 valence electrons. The summed E-state index contributed by atoms with van der Waals surface area (Å²) in [5, 5.41) is 11.9. The van der Waals surface area contributed by atoms with Gasteiger partial charge in [-0.2, -0.15) is 5.26 Å². The number of pyridine rings is 2. The predicted molar refractivity (Wildman–Crippen MR) is 72.3 cm³/mol. The average Bonchev–Trinajstić information content (AvgIpc) is 2.48. The van der Waals surface area contributed by atoms with Gasteiger partial charge in [-0.15, -0.1) is 0 Å². The summed E-state index contributed by atoms with van der Waals surface area (Å²) in [5.41, 5.74) is 0.268. The molecule has 0 unspecified atom stereocenters. The van der Waals surface area contributed by atoms with E-state index in [0.29, 0.717) is 16.6 Å². The molecule has 1 N–H and O–H groups in total. The van der Waals surface area contributed by atoms with Gasteiger partial charge in [0, 0.05) is 18.6 Å². The molecule has 20 heavy (non-hydrogen) atoms. The fourth-order valence-corrected chi connectivity index (χ4v) is 1.48. The van der Waals surface area contributed by atoms with Crippen LogP contribution in [0.1, 0.15) is 5.56 Å². The minimum Gasteiger partial charge on any atom is -0.482 e. The van der Waals surface area contributed by atoms with Crippen LogP contribution in [0.25, 0.3) is 0 Å². The van der Waals surface area contributed by atoms with Crippen molar-refractivity contribution in [2.75, 3.05) is 11.9 Å². The van der Waals surface area contributed by atoms with Crippen molar-refractivity contribution >= 4 is 23.3 Å². The van der Waals surface area contributed by atoms with E-state index in [9.17, 15) is 4.79 Å². The number of carbonyl (C=O) groups is 1. The van der Waals surface area contributed by atoms with E-state index in [0.717, 1.165) is 0 Å². The Morgan fingerprint density at radius 2 is 2.25 bits per heavy atom. The van der Waals surface area contributed by atoms with E-state index < -0.39 is 0 Å². The SMILES string of the molecule is N#Cc1cnccc1OCC(=O)Nc1ccc(Cl)cn1. The standard InChI is InChI=1S/C13H9ClN4O2/c14-10-1-2-12(17-7-10)18-13(19)8-20-11-3-4-16-6-9(11)5-15/h1-4,6-7H,8H2,(H,17,18,19). The summed E-state index contributed by atoms with van der Waals surface area (Å²) in [7, 11) is 0. The molecule has 0 fully saturated rings. The van der Waals surface area contributed by atoms with E-state index in [4.69, 9.17) is 21.6 Å². The van der Waals surface area contributed by atoms with Crippen LogP contribution in [0.3, 0.4) is 0 Å². The number of aromatic nitrogens is 2. The lowest BCUT2D eigenvalue weighted by atomic mass is 10.3. The largest absolute Gasteiger partial charge is 0.482 e. The Bertz CT molecular complexity index is 652. The first-order chi connectivity index (χ1) is 9.69. The van der Waals surface area contributed by atoms with Crippen LogP contribution in [0.4, 0.5) is 5.82 Å². The summed E-state index contributed by atoms with van der Waals surface area (Å²) in [6, 6.07) is 6.64. The van der Waals surface area contributed by atoms with E-state index in [1.807, 2.05) is 6.07 Å². The average molecular weight is 289 g/mol. The molecule has 0 radical (unpaired) electrons. The lowest BCUT2D eigenvalue weighted by Crippen LogP contribution is -2.21. The van der Waals surface area contributed by atoms with E-state index in [1.54, 1.807) is 12.1 Å². The maximum absolute atomic E-state index is 11.7. The second kappa shape index (κ2) is 6.50. The third kappa shape index (κ3) is 3.67. The second-order valence-corrected chi connectivity index (χ2v) is 4.12. The zero-order chi connectivity index (χ0) is 14.4. The van der Waals surface area contributed by atoms with Crippen molar-refractivity contribution in [1.82, 2.24) is 9.97 Å². The fraction of sp³-hybridized carbons (Fsp3) is 0.0769. The maximum atomic E-state index is 11.7. The summed E-state index contributed by atoms with van der Waals surface area (Å²) in [6.07, 6.45) is 4.28. The number of hydrogen-bond acceptors (Lipinski definition) is 5. The molecule has 0 bridgehead atoms. The molecule has 0 aliphatic rings. The molecule has 0 saturated carbocycles. The van der Waals surface area contributed by atoms with Gasteiger partial charge in [0.25, 0.3) is 5.91 Å². The lowest BCUT2D eigenvalue weighted by Gasteiger charge is -2.07. The molecule has 1 amide bonds. The second-order valence-electron chi connectivity index (χ2n) is 3.68. The molecule has 7 heteroatoms. The zero-order valence-electron chi connectivity index (χ0n) is 10.2. The number of nitrogens with zero attached hydrogens (tertiary/aromatic N) is 3. The van der Waals surface area contributed by atoms with Crippen LogP contribution in [-0.4, -0.2) is 22.5 Å². The molecule has 0 aliphatic heterocycles. The molecule has 0 aliphatic carbocycles. The number of amides is 1. The Morgan fingerprint density at radius 3 is 2.95 bits per heavy atom. The van der Waals surface area contributed by atoms with Gasteiger partial charge in [-0.3, -0.25) is 9.78 Å². The highest BCUT2D eigenvalue weighted by Crippen LogP contribution is 2.15. The molecule has 2 rings (SSSR count). The smallest absolute Gasteiger partial charge is 0.263 e. The van der Waals surface area contributed by atoms with Gasteiger partial charge in [-0.25, -0.2) is 4.98 Å². The monoisotopic (exact) mass is 288 g/mol. The topological polar surface area (TPSA) is 87.9 Å². The number of ether oxygens (including phenoxy) is 1. The third-order valence-corrected chi connectivity index (χ3v) is 2.48. The molecular formula is C13H9ClN4O2. The highest BCUT2D eigenvalue weighted by Gasteiger charge is 2.07. The van der Waals surface area contributed by atoms with Gasteiger partial charge in [0.05, 0.1) is 5.02 Å². The van der Waals surface area contributed by atoms with Crippen molar-refractivity contribution in [1.29, 1.82) is 5.26 Å². The number of halogens is 1. The maximum Gasteiger partial charge on any atom is 0.263 e. The van der Waals surface area contributed by atoms with Crippen LogP contribution in [0.2, 0.25) is 5.02 Å². The molecule has 0 aromatic carbocycles. The van der Waals surface area contributed by atoms with E-state index in [1.165, 1.54) is 24.7 Å². The molecule has 2 heterocycles. The van der Waals surface area contributed by atoms with Gasteiger partial charge in [0.2, 0.25) is 0 Å². The minimum absolute atomic E-state index is 0.233. The molecule has 0 saturated heterocycles. The van der Waals surface area contributed by atoms with Gasteiger partial charge in [0.15, 0.2) is 6.61 Å². The van der Waals surface area contributed by atoms with Gasteiger partial charge < -0.3 is 10.1 Å². The minimum atomic E-state index is -0.388. The Kier molecular flexibility index (Phi) is 4.47. The van der Waals surface area contributed by atoms with Crippen LogP contribution in [0.5, 0.6) is 5.75 Å². The first-order valence-electron chi connectivity index (χ1n) is 5.57. The molecule has 2 aromatic rings. The van der Waals surface area contributed by atoms with Crippen LogP contribution in [-0.2, 0) is 4.79 Å². The van der Waals surface area contributed by atoms with Crippen molar-refractivity contribution < 1.29 is 9.53 Å². The molecule has 2 aromatic heterocycles. The van der Waals surface area contributed by atoms with Crippen molar-refractivity contribution in [2.45, 2.75) is 0 Å². The Labute approximate surface area is 120 Å². The lowest BCUT2D eigenvalue weighted by molar-refractivity contribution is -0.118. The summed E-state index contributed by atoms with van der Waals surface area (Å²) in [6.45, 7) is -0.233. The first-order valence-corrected chi connectivity index (χ1v) is 5.95. The normalized spacial score (nSPS) is 9.60. The number of carbonyl (C=O) groups excluding carboxylic acids is 1. The number of anilines is 1. The zero-order valence-corrected chi connectivity index (χ0v) is 11.0. The Balaban J connectivity index is 1.92. The summed E-state index contributed by atoms with van der Waals surface area (Å²) >= 11 is 5.69. The van der Waals surface area contributed by atoms with Gasteiger partial charge in [-0.1, -0.05) is 11.6 Å². The Morgan fingerprint density at radius 1 is 1.40 bits per heavy atom. The van der Waals surface area contributed by atoms with Gasteiger partial charge >= 0.3 is 0 Å². The van der Waals surface area contributed by atoms with Crippen LogP contribution >= 0.6 is 11.6 Å². The number of nitrogens with one attached hydrogen (secondary N) is 1. The molecule has 0 spiro atoms. The predicted octanol–water partition coefficient (Wildman–Crippen LogP) is 2.02. The number of nitriles is 1. The Hall–Kier alpha value is -2.65. The summed E-state index contributed by atoms with van der Waals surface area (Å²) in [5.74, 6) is 0.292. The van der Waals surface area contributed by atoms with Crippen LogP contribution in [0.15, 0.2) is 36.8 Å². The van der Waals surface area contributed by atoms with Crippen LogP contribution < -0.4 is 10.1 Å². The van der Waals surface area contributed by atoms with Crippen molar-refractivity contribution in [3.05, 3.63) is 47.4 Å². The van der Waals surface area contributed by atoms with E-state index in [-0.39, 0.29) is 18.1 Å². The van der Waals surface area contributed by atoms with Gasteiger partial charge in [-0.05, 0) is 18.2 Å². The molecular weight excluding hydrogens is 280 g/mol. The van der Waals surface area contributed by atoms with E-state index in [2.05, 4.69) is 15.3 Å². The first kappa shape index (κ1) is 13.8. The quantitative estimate of drug-likeness (QED) is 0.930. The number of hydrogen-bond donors (Lipinski definition) is 1. The summed E-state index contributed by atoms with van der Waals surface area (Å²) in [4.78, 5) is 19.4.